The van der Waals surface area contributed by atoms with Crippen molar-refractivity contribution in [2.45, 2.75) is 6.04 Å². The van der Waals surface area contributed by atoms with Crippen LogP contribution in [0.25, 0.3) is 16.2 Å². The third-order valence-electron chi connectivity index (χ3n) is 3.63. The van der Waals surface area contributed by atoms with Crippen molar-refractivity contribution in [1.82, 2.24) is 19.6 Å². The number of hydrogen-bond donors (Lipinski definition) is 1. The molecule has 0 radical (unpaired) electrons. The van der Waals surface area contributed by atoms with Crippen LogP contribution in [0.2, 0.25) is 5.02 Å². The number of nitrogens with zero attached hydrogens (tertiary/aromatic N) is 4. The Morgan fingerprint density at radius 1 is 1.25 bits per heavy atom. The molecule has 0 spiro atoms. The first-order valence-corrected chi connectivity index (χ1v) is 8.28. The third-order valence-corrected chi connectivity index (χ3v) is 4.92. The molecule has 120 valence electrons. The van der Waals surface area contributed by atoms with E-state index in [2.05, 4.69) is 15.1 Å². The third kappa shape index (κ3) is 2.56. The number of hydrogen-bond acceptors (Lipinski definition) is 5. The molecule has 0 aliphatic heterocycles. The fourth-order valence-corrected chi connectivity index (χ4v) is 3.47. The van der Waals surface area contributed by atoms with Gasteiger partial charge in [-0.15, -0.1) is 0 Å². The summed E-state index contributed by atoms with van der Waals surface area (Å²) in [5.41, 5.74) is 8.61. The van der Waals surface area contributed by atoms with Gasteiger partial charge in [-0.2, -0.15) is 5.10 Å². The molecular weight excluding hydrogens is 349 g/mol. The Hall–Kier alpha value is -2.35. The Labute approximate surface area is 145 Å². The number of pyridine rings is 1. The summed E-state index contributed by atoms with van der Waals surface area (Å²) >= 11 is 7.27. The zero-order valence-electron chi connectivity index (χ0n) is 12.2. The molecule has 0 aliphatic rings. The maximum absolute atomic E-state index is 13.4. The van der Waals surface area contributed by atoms with Gasteiger partial charge in [-0.25, -0.2) is 13.9 Å². The number of imidazole rings is 1. The molecule has 0 amide bonds. The van der Waals surface area contributed by atoms with Crippen LogP contribution in [0.4, 0.5) is 4.39 Å². The van der Waals surface area contributed by atoms with Crippen LogP contribution in [0, 0.1) is 5.82 Å². The van der Waals surface area contributed by atoms with E-state index in [0.29, 0.717) is 4.96 Å². The maximum atomic E-state index is 13.4. The summed E-state index contributed by atoms with van der Waals surface area (Å²) in [5.74, 6) is -0.459. The average molecular weight is 360 g/mol. The van der Waals surface area contributed by atoms with Gasteiger partial charge in [-0.05, 0) is 29.8 Å². The number of fused-ring (bicyclic) bond motifs is 1. The zero-order valence-corrected chi connectivity index (χ0v) is 13.8. The van der Waals surface area contributed by atoms with Gasteiger partial charge >= 0.3 is 0 Å². The molecule has 4 aromatic rings. The molecule has 4 rings (SSSR count). The van der Waals surface area contributed by atoms with Crippen molar-refractivity contribution in [3.8, 4) is 11.3 Å². The highest BCUT2D eigenvalue weighted by molar-refractivity contribution is 7.16. The van der Waals surface area contributed by atoms with Crippen molar-refractivity contribution in [3.63, 3.8) is 0 Å². The average Bonchev–Trinajstić information content (AvgIpc) is 3.18. The highest BCUT2D eigenvalue weighted by Gasteiger charge is 2.18. The van der Waals surface area contributed by atoms with Gasteiger partial charge in [0.15, 0.2) is 0 Å². The minimum Gasteiger partial charge on any atom is -0.318 e. The van der Waals surface area contributed by atoms with E-state index in [0.717, 1.165) is 21.8 Å². The van der Waals surface area contributed by atoms with Gasteiger partial charge in [0.1, 0.15) is 10.8 Å². The molecule has 0 saturated heterocycles. The van der Waals surface area contributed by atoms with E-state index in [-0.39, 0.29) is 11.1 Å². The Bertz CT molecular complexity index is 1010. The highest BCUT2D eigenvalue weighted by Crippen LogP contribution is 2.29. The first-order valence-electron chi connectivity index (χ1n) is 7.09. The molecule has 1 unspecified atom stereocenters. The summed E-state index contributed by atoms with van der Waals surface area (Å²) in [6.07, 6.45) is 5.10. The molecule has 3 heterocycles. The van der Waals surface area contributed by atoms with Crippen molar-refractivity contribution in [2.75, 3.05) is 0 Å². The SMILES string of the molecule is NC(c1cccnc1)c1nn2c(-c3ccc(F)c(Cl)c3)cnc2s1. The van der Waals surface area contributed by atoms with Crippen LogP contribution in [0.3, 0.4) is 0 Å². The lowest BCUT2D eigenvalue weighted by molar-refractivity contribution is 0.628. The van der Waals surface area contributed by atoms with Crippen LogP contribution in [-0.2, 0) is 0 Å². The van der Waals surface area contributed by atoms with Gasteiger partial charge in [-0.1, -0.05) is 29.0 Å². The van der Waals surface area contributed by atoms with Crippen LogP contribution in [0.5, 0.6) is 0 Å². The van der Waals surface area contributed by atoms with Gasteiger partial charge in [0.25, 0.3) is 0 Å². The van der Waals surface area contributed by atoms with Crippen molar-refractivity contribution in [2.24, 2.45) is 5.73 Å². The van der Waals surface area contributed by atoms with Crippen molar-refractivity contribution in [1.29, 1.82) is 0 Å². The number of nitrogens with two attached hydrogens (primary N) is 1. The summed E-state index contributed by atoms with van der Waals surface area (Å²) in [5, 5.41) is 5.34. The Balaban J connectivity index is 1.77. The first kappa shape index (κ1) is 15.2. The molecule has 0 fully saturated rings. The minimum atomic E-state index is -0.459. The van der Waals surface area contributed by atoms with Crippen molar-refractivity contribution in [3.05, 3.63) is 70.3 Å². The zero-order chi connectivity index (χ0) is 16.7. The smallest absolute Gasteiger partial charge is 0.212 e. The van der Waals surface area contributed by atoms with E-state index in [1.165, 1.54) is 17.4 Å². The van der Waals surface area contributed by atoms with Gasteiger partial charge in [0, 0.05) is 18.0 Å². The molecule has 0 saturated carbocycles. The van der Waals surface area contributed by atoms with Crippen LogP contribution >= 0.6 is 22.9 Å². The van der Waals surface area contributed by atoms with E-state index in [9.17, 15) is 4.39 Å². The Kier molecular flexibility index (Phi) is 3.76. The topological polar surface area (TPSA) is 69.1 Å². The number of halogens is 2. The fourth-order valence-electron chi connectivity index (χ4n) is 2.39. The lowest BCUT2D eigenvalue weighted by Gasteiger charge is -2.06. The second kappa shape index (κ2) is 5.94. The summed E-state index contributed by atoms with van der Waals surface area (Å²) in [6, 6.07) is 7.88. The summed E-state index contributed by atoms with van der Waals surface area (Å²) in [7, 11) is 0. The lowest BCUT2D eigenvalue weighted by Crippen LogP contribution is -2.12. The molecule has 5 nitrogen and oxygen atoms in total. The summed E-state index contributed by atoms with van der Waals surface area (Å²) in [6.45, 7) is 0. The second-order valence-corrected chi connectivity index (χ2v) is 6.57. The van der Waals surface area contributed by atoms with E-state index < -0.39 is 5.82 Å². The second-order valence-electron chi connectivity index (χ2n) is 5.17. The standard InChI is InChI=1S/C16H11ClFN5S/c17-11-6-9(3-4-12(11)18)13-8-21-16-23(13)22-15(24-16)14(19)10-2-1-5-20-7-10/h1-8,14H,19H2. The summed E-state index contributed by atoms with van der Waals surface area (Å²) in [4.78, 5) is 9.14. The van der Waals surface area contributed by atoms with Gasteiger partial charge in [-0.3, -0.25) is 4.98 Å². The first-order chi connectivity index (χ1) is 11.6. The highest BCUT2D eigenvalue weighted by atomic mass is 35.5. The molecule has 2 N–H and O–H groups in total. The van der Waals surface area contributed by atoms with Crippen LogP contribution in [0.15, 0.2) is 48.9 Å². The predicted octanol–water partition coefficient (Wildman–Crippen LogP) is 3.69. The van der Waals surface area contributed by atoms with E-state index >= 15 is 0 Å². The number of rotatable bonds is 3. The summed E-state index contributed by atoms with van der Waals surface area (Å²) < 4.78 is 15.1. The molecule has 0 aliphatic carbocycles. The molecule has 3 aromatic heterocycles. The number of aromatic nitrogens is 4. The quantitative estimate of drug-likeness (QED) is 0.605. The molecular formula is C16H11ClFN5S. The molecule has 1 atom stereocenters. The van der Waals surface area contributed by atoms with Crippen LogP contribution < -0.4 is 5.73 Å². The van der Waals surface area contributed by atoms with Crippen LogP contribution in [0.1, 0.15) is 16.6 Å². The predicted molar refractivity (Wildman–Crippen MR) is 91.5 cm³/mol. The van der Waals surface area contributed by atoms with E-state index in [1.54, 1.807) is 35.2 Å². The fraction of sp³-hybridized carbons (Fsp3) is 0.0625. The van der Waals surface area contributed by atoms with Crippen molar-refractivity contribution < 1.29 is 4.39 Å². The molecule has 0 bridgehead atoms. The minimum absolute atomic E-state index is 0.0602. The lowest BCUT2D eigenvalue weighted by atomic mass is 10.1. The molecule has 8 heteroatoms. The van der Waals surface area contributed by atoms with Crippen LogP contribution in [-0.4, -0.2) is 19.6 Å². The van der Waals surface area contributed by atoms with Gasteiger partial charge in [0.05, 0.1) is 23.0 Å². The normalized spacial score (nSPS) is 12.6. The molecule has 24 heavy (non-hydrogen) atoms. The monoisotopic (exact) mass is 359 g/mol. The Morgan fingerprint density at radius 3 is 2.88 bits per heavy atom. The van der Waals surface area contributed by atoms with Gasteiger partial charge in [0.2, 0.25) is 4.96 Å². The van der Waals surface area contributed by atoms with Gasteiger partial charge < -0.3 is 5.73 Å². The largest absolute Gasteiger partial charge is 0.318 e. The molecule has 1 aromatic carbocycles. The van der Waals surface area contributed by atoms with E-state index in [1.807, 2.05) is 12.1 Å². The van der Waals surface area contributed by atoms with Crippen molar-refractivity contribution >= 4 is 27.9 Å². The number of benzene rings is 1. The Morgan fingerprint density at radius 2 is 2.12 bits per heavy atom. The van der Waals surface area contributed by atoms with E-state index in [4.69, 9.17) is 17.3 Å². The maximum Gasteiger partial charge on any atom is 0.212 e.